The average molecular weight is 423 g/mol. The highest BCUT2D eigenvalue weighted by atomic mass is 35.5. The lowest BCUT2D eigenvalue weighted by molar-refractivity contribution is 0.100. The Morgan fingerprint density at radius 1 is 1.14 bits per heavy atom. The van der Waals surface area contributed by atoms with Gasteiger partial charge in [0.1, 0.15) is 0 Å². The number of fused-ring (bicyclic) bond motifs is 1. The molecule has 0 fully saturated rings. The van der Waals surface area contributed by atoms with Gasteiger partial charge in [-0.2, -0.15) is 0 Å². The molecule has 0 bridgehead atoms. The zero-order chi connectivity index (χ0) is 20.5. The first-order chi connectivity index (χ1) is 14.0. The van der Waals surface area contributed by atoms with Crippen LogP contribution >= 0.6 is 23.8 Å². The molecule has 144 valence electrons. The monoisotopic (exact) mass is 422 g/mol. The minimum absolute atomic E-state index is 0.284. The fourth-order valence-electron chi connectivity index (χ4n) is 3.16. The third-order valence-corrected chi connectivity index (χ3v) is 5.24. The molecule has 0 spiro atoms. The van der Waals surface area contributed by atoms with E-state index in [2.05, 4.69) is 4.98 Å². The lowest BCUT2D eigenvalue weighted by Gasteiger charge is -2.16. The predicted octanol–water partition coefficient (Wildman–Crippen LogP) is 3.72. The van der Waals surface area contributed by atoms with Crippen molar-refractivity contribution >= 4 is 40.6 Å². The van der Waals surface area contributed by atoms with E-state index in [1.807, 2.05) is 12.1 Å². The number of primary amides is 1. The lowest BCUT2D eigenvalue weighted by atomic mass is 10.1. The molecule has 0 aliphatic heterocycles. The topological polar surface area (TPSA) is 82.9 Å². The number of halogens is 1. The normalized spacial score (nSPS) is 10.9. The number of carbonyl (C=O) groups excluding carboxylic acids is 1. The molecular formula is C21H15ClN4O2S. The molecule has 0 aliphatic rings. The molecule has 2 heterocycles. The van der Waals surface area contributed by atoms with Gasteiger partial charge in [-0.15, -0.1) is 0 Å². The molecule has 0 atom stereocenters. The molecule has 8 heteroatoms. The van der Waals surface area contributed by atoms with Gasteiger partial charge in [0, 0.05) is 16.8 Å². The Bertz CT molecular complexity index is 1350. The van der Waals surface area contributed by atoms with Crippen molar-refractivity contribution in [2.45, 2.75) is 6.54 Å². The highest BCUT2D eigenvalue weighted by Crippen LogP contribution is 2.19. The summed E-state index contributed by atoms with van der Waals surface area (Å²) in [7, 11) is 0. The van der Waals surface area contributed by atoms with Crippen LogP contribution in [0, 0.1) is 4.77 Å². The minimum atomic E-state index is -0.577. The van der Waals surface area contributed by atoms with Crippen LogP contribution in [0.25, 0.3) is 16.6 Å². The summed E-state index contributed by atoms with van der Waals surface area (Å²) < 4.78 is 3.52. The van der Waals surface area contributed by atoms with Gasteiger partial charge < -0.3 is 10.3 Å². The maximum absolute atomic E-state index is 13.2. The van der Waals surface area contributed by atoms with Gasteiger partial charge in [-0.1, -0.05) is 23.7 Å². The van der Waals surface area contributed by atoms with Crippen LogP contribution in [-0.4, -0.2) is 20.0 Å². The maximum Gasteiger partial charge on any atom is 0.266 e. The Balaban J connectivity index is 2.05. The minimum Gasteiger partial charge on any atom is -0.366 e. The number of hydrogen-bond acceptors (Lipinski definition) is 4. The van der Waals surface area contributed by atoms with Gasteiger partial charge in [0.25, 0.3) is 5.56 Å². The summed E-state index contributed by atoms with van der Waals surface area (Å²) in [5.41, 5.74) is 7.49. The predicted molar refractivity (Wildman–Crippen MR) is 115 cm³/mol. The number of nitrogens with zero attached hydrogens (tertiary/aromatic N) is 3. The van der Waals surface area contributed by atoms with Crippen molar-refractivity contribution in [1.82, 2.24) is 14.1 Å². The molecule has 2 N–H and O–H groups in total. The highest BCUT2D eigenvalue weighted by molar-refractivity contribution is 7.71. The quantitative estimate of drug-likeness (QED) is 0.508. The molecule has 0 saturated carbocycles. The van der Waals surface area contributed by atoms with Gasteiger partial charge in [0.05, 0.1) is 29.3 Å². The lowest BCUT2D eigenvalue weighted by Crippen LogP contribution is -2.25. The third-order valence-electron chi connectivity index (χ3n) is 4.59. The van der Waals surface area contributed by atoms with Gasteiger partial charge >= 0.3 is 0 Å². The average Bonchev–Trinajstić information content (AvgIpc) is 2.73. The Labute approximate surface area is 175 Å². The van der Waals surface area contributed by atoms with Crippen LogP contribution in [0.2, 0.25) is 5.02 Å². The summed E-state index contributed by atoms with van der Waals surface area (Å²) in [5.74, 6) is -0.577. The van der Waals surface area contributed by atoms with Crippen LogP contribution in [0.3, 0.4) is 0 Å². The molecule has 0 radical (unpaired) electrons. The third kappa shape index (κ3) is 3.57. The molecule has 0 aliphatic carbocycles. The first-order valence-corrected chi connectivity index (χ1v) is 9.48. The Morgan fingerprint density at radius 2 is 1.90 bits per heavy atom. The summed E-state index contributed by atoms with van der Waals surface area (Å²) in [6.07, 6.45) is 3.20. The summed E-state index contributed by atoms with van der Waals surface area (Å²) in [4.78, 5) is 29.0. The first kappa shape index (κ1) is 19.0. The molecule has 4 rings (SSSR count). The van der Waals surface area contributed by atoms with Crippen molar-refractivity contribution in [3.8, 4) is 5.69 Å². The van der Waals surface area contributed by atoms with E-state index in [4.69, 9.17) is 29.6 Å². The number of amides is 1. The zero-order valence-electron chi connectivity index (χ0n) is 15.1. The molecule has 1 amide bonds. The number of hydrogen-bond donors (Lipinski definition) is 1. The van der Waals surface area contributed by atoms with Crippen molar-refractivity contribution in [3.63, 3.8) is 0 Å². The highest BCUT2D eigenvalue weighted by Gasteiger charge is 2.14. The molecule has 2 aromatic heterocycles. The van der Waals surface area contributed by atoms with E-state index >= 15 is 0 Å². The molecule has 2 aromatic carbocycles. The second kappa shape index (κ2) is 7.62. The van der Waals surface area contributed by atoms with Gasteiger partial charge in [0.2, 0.25) is 5.91 Å². The van der Waals surface area contributed by atoms with Gasteiger partial charge in [-0.25, -0.2) is 0 Å². The number of pyridine rings is 1. The standard InChI is InChI=1S/C21H15ClN4O2S/c22-15-6-3-13(4-7-15)12-25-18-10-14(19(23)27)5-8-17(18)20(28)26(21(25)29)16-2-1-9-24-11-16/h1-11H,12H2,(H2,23,27). The smallest absolute Gasteiger partial charge is 0.266 e. The summed E-state index contributed by atoms with van der Waals surface area (Å²) in [6.45, 7) is 0.384. The van der Waals surface area contributed by atoms with Crippen molar-refractivity contribution in [2.75, 3.05) is 0 Å². The molecule has 4 aromatic rings. The van der Waals surface area contributed by atoms with E-state index in [0.717, 1.165) is 5.56 Å². The van der Waals surface area contributed by atoms with E-state index in [9.17, 15) is 9.59 Å². The summed E-state index contributed by atoms with van der Waals surface area (Å²) >= 11 is 11.7. The molecular weight excluding hydrogens is 408 g/mol. The van der Waals surface area contributed by atoms with E-state index in [1.165, 1.54) is 10.6 Å². The van der Waals surface area contributed by atoms with Crippen LogP contribution in [0.1, 0.15) is 15.9 Å². The number of carbonyl (C=O) groups is 1. The fourth-order valence-corrected chi connectivity index (χ4v) is 3.64. The van der Waals surface area contributed by atoms with Gasteiger partial charge in [-0.05, 0) is 60.2 Å². The van der Waals surface area contributed by atoms with E-state index < -0.39 is 5.91 Å². The summed E-state index contributed by atoms with van der Waals surface area (Å²) in [5, 5.41) is 1.04. The number of rotatable bonds is 4. The maximum atomic E-state index is 13.2. The Hall–Kier alpha value is -3.29. The molecule has 6 nitrogen and oxygen atoms in total. The SMILES string of the molecule is NC(=O)c1ccc2c(=O)n(-c3cccnc3)c(=S)n(Cc3ccc(Cl)cc3)c2c1. The largest absolute Gasteiger partial charge is 0.366 e. The van der Waals surface area contributed by atoms with E-state index in [1.54, 1.807) is 53.4 Å². The second-order valence-corrected chi connectivity index (χ2v) is 7.24. The second-order valence-electron chi connectivity index (χ2n) is 6.44. The molecule has 29 heavy (non-hydrogen) atoms. The summed E-state index contributed by atoms with van der Waals surface area (Å²) in [6, 6.07) is 15.6. The van der Waals surface area contributed by atoms with Crippen molar-refractivity contribution in [2.24, 2.45) is 5.73 Å². The number of aromatic nitrogens is 3. The van der Waals surface area contributed by atoms with E-state index in [-0.39, 0.29) is 10.3 Å². The van der Waals surface area contributed by atoms with Crippen LogP contribution < -0.4 is 11.3 Å². The van der Waals surface area contributed by atoms with Crippen molar-refractivity contribution < 1.29 is 4.79 Å². The van der Waals surface area contributed by atoms with Crippen LogP contribution in [0.5, 0.6) is 0 Å². The van der Waals surface area contributed by atoms with Gasteiger partial charge in [0.15, 0.2) is 4.77 Å². The van der Waals surface area contributed by atoms with Crippen molar-refractivity contribution in [3.05, 3.63) is 98.3 Å². The van der Waals surface area contributed by atoms with Crippen LogP contribution in [0.15, 0.2) is 71.8 Å². The number of nitrogens with two attached hydrogens (primary N) is 1. The Morgan fingerprint density at radius 3 is 2.55 bits per heavy atom. The fraction of sp³-hybridized carbons (Fsp3) is 0.0476. The van der Waals surface area contributed by atoms with Crippen LogP contribution in [0.4, 0.5) is 0 Å². The van der Waals surface area contributed by atoms with Crippen LogP contribution in [-0.2, 0) is 6.54 Å². The molecule has 0 saturated heterocycles. The Kier molecular flexibility index (Phi) is 5.00. The molecule has 0 unspecified atom stereocenters. The number of benzene rings is 2. The zero-order valence-corrected chi connectivity index (χ0v) is 16.7. The van der Waals surface area contributed by atoms with E-state index in [0.29, 0.717) is 33.7 Å². The van der Waals surface area contributed by atoms with Gasteiger partial charge in [-0.3, -0.25) is 19.1 Å². The first-order valence-electron chi connectivity index (χ1n) is 8.70. The van der Waals surface area contributed by atoms with Crippen molar-refractivity contribution in [1.29, 1.82) is 0 Å².